The van der Waals surface area contributed by atoms with Crippen LogP contribution < -0.4 is 15.2 Å². The Morgan fingerprint density at radius 3 is 3.00 bits per heavy atom. The highest BCUT2D eigenvalue weighted by Crippen LogP contribution is 2.29. The lowest BCUT2D eigenvalue weighted by Gasteiger charge is -2.19. The fraction of sp³-hybridized carbons (Fsp3) is 0.200. The Morgan fingerprint density at radius 2 is 2.10 bits per heavy atom. The molecule has 1 aliphatic rings. The number of anilines is 1. The second-order valence-corrected chi connectivity index (χ2v) is 6.86. The van der Waals surface area contributed by atoms with E-state index >= 15 is 0 Å². The number of hydrogen-bond acceptors (Lipinski definition) is 6. The first kappa shape index (κ1) is 17.4. The van der Waals surface area contributed by atoms with Crippen LogP contribution in [-0.4, -0.2) is 37.8 Å². The average Bonchev–Trinajstić information content (AvgIpc) is 3.38. The van der Waals surface area contributed by atoms with Crippen molar-refractivity contribution in [2.75, 3.05) is 18.0 Å². The number of aromatic amines is 1. The molecule has 1 unspecified atom stereocenters. The van der Waals surface area contributed by atoms with Gasteiger partial charge in [0.15, 0.2) is 5.75 Å². The normalized spacial score (nSPS) is 16.4. The number of para-hydroxylation sites is 1. The Labute approximate surface area is 164 Å². The van der Waals surface area contributed by atoms with E-state index in [0.717, 1.165) is 13.0 Å². The van der Waals surface area contributed by atoms with Crippen LogP contribution in [0.25, 0.3) is 10.9 Å². The predicted octanol–water partition coefficient (Wildman–Crippen LogP) is 2.90. The van der Waals surface area contributed by atoms with Gasteiger partial charge >= 0.3 is 6.01 Å². The Morgan fingerprint density at radius 1 is 1.21 bits per heavy atom. The second kappa shape index (κ2) is 7.01. The van der Waals surface area contributed by atoms with Gasteiger partial charge in [0, 0.05) is 19.3 Å². The van der Waals surface area contributed by atoms with Crippen molar-refractivity contribution >= 4 is 16.6 Å². The summed E-state index contributed by atoms with van der Waals surface area (Å²) in [6, 6.07) is 8.55. The van der Waals surface area contributed by atoms with Gasteiger partial charge in [-0.25, -0.2) is 4.39 Å². The molecule has 9 heteroatoms. The highest BCUT2D eigenvalue weighted by Gasteiger charge is 2.26. The number of rotatable bonds is 4. The van der Waals surface area contributed by atoms with E-state index in [0.29, 0.717) is 28.9 Å². The lowest BCUT2D eigenvalue weighted by atomic mass is 10.2. The maximum absolute atomic E-state index is 14.0. The van der Waals surface area contributed by atoms with Gasteiger partial charge in [0.05, 0.1) is 41.2 Å². The van der Waals surface area contributed by atoms with Gasteiger partial charge in [-0.1, -0.05) is 12.1 Å². The first-order valence-corrected chi connectivity index (χ1v) is 9.23. The summed E-state index contributed by atoms with van der Waals surface area (Å²) in [5.74, 6) is 0.235. The Kier molecular flexibility index (Phi) is 4.19. The Hall–Kier alpha value is -3.75. The fourth-order valence-corrected chi connectivity index (χ4v) is 3.59. The van der Waals surface area contributed by atoms with E-state index in [9.17, 15) is 9.18 Å². The van der Waals surface area contributed by atoms with Gasteiger partial charge < -0.3 is 9.64 Å². The zero-order valence-electron chi connectivity index (χ0n) is 15.3. The molecule has 0 radical (unpaired) electrons. The molecular weight excluding hydrogens is 375 g/mol. The molecule has 0 aliphatic carbocycles. The van der Waals surface area contributed by atoms with Crippen LogP contribution in [0, 0.1) is 5.82 Å². The zero-order chi connectivity index (χ0) is 19.8. The monoisotopic (exact) mass is 392 g/mol. The molecule has 29 heavy (non-hydrogen) atoms. The summed E-state index contributed by atoms with van der Waals surface area (Å²) in [7, 11) is 0. The number of hydrogen-bond donors (Lipinski definition) is 1. The van der Waals surface area contributed by atoms with Gasteiger partial charge in [-0.3, -0.25) is 19.4 Å². The number of pyridine rings is 1. The standard InChI is InChI=1S/C20H17FN6O2/c21-16-3-1-2-4-18(16)26-8-6-13(11-26)27-12-14(9-23-27)29-20-24-17-10-22-7-5-15(17)19(28)25-20/h1-5,7,9-10,12-13H,6,8,11H2,(H,24,25,28). The molecule has 0 amide bonds. The van der Waals surface area contributed by atoms with Crippen LogP contribution >= 0.6 is 0 Å². The molecule has 1 saturated heterocycles. The molecule has 1 atom stereocenters. The van der Waals surface area contributed by atoms with Crippen molar-refractivity contribution in [1.29, 1.82) is 0 Å². The molecule has 4 aromatic rings. The van der Waals surface area contributed by atoms with E-state index in [4.69, 9.17) is 4.74 Å². The molecule has 0 spiro atoms. The summed E-state index contributed by atoms with van der Waals surface area (Å²) in [6.45, 7) is 1.40. The van der Waals surface area contributed by atoms with E-state index in [1.807, 2.05) is 11.0 Å². The third-order valence-corrected chi connectivity index (χ3v) is 5.01. The first-order valence-electron chi connectivity index (χ1n) is 9.23. The second-order valence-electron chi connectivity index (χ2n) is 6.86. The van der Waals surface area contributed by atoms with Crippen molar-refractivity contribution < 1.29 is 9.13 Å². The minimum atomic E-state index is -0.295. The molecule has 1 aliphatic heterocycles. The molecule has 1 aromatic carbocycles. The number of halogens is 1. The summed E-state index contributed by atoms with van der Waals surface area (Å²) >= 11 is 0. The Balaban J connectivity index is 1.33. The molecule has 0 saturated carbocycles. The van der Waals surface area contributed by atoms with Gasteiger partial charge in [0.25, 0.3) is 5.56 Å². The van der Waals surface area contributed by atoms with Crippen LogP contribution in [0.2, 0.25) is 0 Å². The van der Waals surface area contributed by atoms with E-state index in [-0.39, 0.29) is 23.4 Å². The molecule has 146 valence electrons. The van der Waals surface area contributed by atoms with Crippen molar-refractivity contribution in [1.82, 2.24) is 24.7 Å². The summed E-state index contributed by atoms with van der Waals surface area (Å²) in [5.41, 5.74) is 0.760. The lowest BCUT2D eigenvalue weighted by molar-refractivity contribution is 0.438. The molecule has 8 nitrogen and oxygen atoms in total. The molecule has 4 heterocycles. The summed E-state index contributed by atoms with van der Waals surface area (Å²) in [4.78, 5) is 25.0. The summed E-state index contributed by atoms with van der Waals surface area (Å²) in [6.07, 6.45) is 7.21. The SMILES string of the molecule is O=c1[nH]c(Oc2cnn(C3CCN(c4ccccc4F)C3)c2)nc2cnccc12. The first-order chi connectivity index (χ1) is 14.2. The van der Waals surface area contributed by atoms with E-state index in [1.165, 1.54) is 18.5 Å². The van der Waals surface area contributed by atoms with E-state index < -0.39 is 0 Å². The van der Waals surface area contributed by atoms with Crippen molar-refractivity contribution in [3.8, 4) is 11.8 Å². The van der Waals surface area contributed by atoms with Gasteiger partial charge in [-0.2, -0.15) is 10.1 Å². The topological polar surface area (TPSA) is 88.9 Å². The number of aromatic nitrogens is 5. The van der Waals surface area contributed by atoms with Gasteiger partial charge in [-0.05, 0) is 24.6 Å². The van der Waals surface area contributed by atoms with Gasteiger partial charge in [-0.15, -0.1) is 0 Å². The highest BCUT2D eigenvalue weighted by atomic mass is 19.1. The fourth-order valence-electron chi connectivity index (χ4n) is 3.59. The van der Waals surface area contributed by atoms with Crippen LogP contribution in [0.4, 0.5) is 10.1 Å². The maximum Gasteiger partial charge on any atom is 0.302 e. The van der Waals surface area contributed by atoms with Crippen LogP contribution in [-0.2, 0) is 0 Å². The van der Waals surface area contributed by atoms with Crippen LogP contribution in [0.15, 0.2) is 59.9 Å². The summed E-state index contributed by atoms with van der Waals surface area (Å²) < 4.78 is 21.5. The maximum atomic E-state index is 14.0. The third-order valence-electron chi connectivity index (χ3n) is 5.01. The molecule has 3 aromatic heterocycles. The van der Waals surface area contributed by atoms with Crippen LogP contribution in [0.3, 0.4) is 0 Å². The van der Waals surface area contributed by atoms with E-state index in [1.54, 1.807) is 35.3 Å². The van der Waals surface area contributed by atoms with Crippen LogP contribution in [0.5, 0.6) is 11.8 Å². The largest absolute Gasteiger partial charge is 0.422 e. The number of ether oxygens (including phenoxy) is 1. The number of nitrogens with one attached hydrogen (secondary N) is 1. The van der Waals surface area contributed by atoms with Gasteiger partial charge in [0.2, 0.25) is 0 Å². The smallest absolute Gasteiger partial charge is 0.302 e. The molecule has 1 fully saturated rings. The minimum absolute atomic E-state index is 0.0782. The van der Waals surface area contributed by atoms with Crippen molar-refractivity contribution in [3.05, 3.63) is 71.3 Å². The summed E-state index contributed by atoms with van der Waals surface area (Å²) in [5, 5.41) is 4.82. The van der Waals surface area contributed by atoms with Crippen molar-refractivity contribution in [3.63, 3.8) is 0 Å². The predicted molar refractivity (Wildman–Crippen MR) is 105 cm³/mol. The zero-order valence-corrected chi connectivity index (χ0v) is 15.3. The number of fused-ring (bicyclic) bond motifs is 1. The van der Waals surface area contributed by atoms with E-state index in [2.05, 4.69) is 20.1 Å². The lowest BCUT2D eigenvalue weighted by Crippen LogP contribution is -2.22. The highest BCUT2D eigenvalue weighted by molar-refractivity contribution is 5.76. The van der Waals surface area contributed by atoms with Crippen LogP contribution in [0.1, 0.15) is 12.5 Å². The minimum Gasteiger partial charge on any atom is -0.422 e. The Bertz CT molecular complexity index is 1240. The molecule has 1 N–H and O–H groups in total. The molecular formula is C20H17FN6O2. The van der Waals surface area contributed by atoms with Crippen molar-refractivity contribution in [2.45, 2.75) is 12.5 Å². The molecule has 5 rings (SSSR count). The third kappa shape index (κ3) is 3.31. The van der Waals surface area contributed by atoms with Gasteiger partial charge in [0.1, 0.15) is 5.82 Å². The molecule has 0 bridgehead atoms. The van der Waals surface area contributed by atoms with Crippen molar-refractivity contribution in [2.24, 2.45) is 0 Å². The average molecular weight is 392 g/mol. The number of benzene rings is 1. The number of nitrogens with zero attached hydrogens (tertiary/aromatic N) is 5. The quantitative estimate of drug-likeness (QED) is 0.575. The number of H-pyrrole nitrogens is 1.